The number of carbonyl (C=O) groups excluding carboxylic acids is 4. The summed E-state index contributed by atoms with van der Waals surface area (Å²) in [6.07, 6.45) is -6.35. The van der Waals surface area contributed by atoms with Crippen LogP contribution in [0.1, 0.15) is 51.2 Å². The van der Waals surface area contributed by atoms with Crippen LogP contribution in [0, 0.1) is 18.8 Å². The molecule has 14 heteroatoms. The zero-order valence-electron chi connectivity index (χ0n) is 28.5. The van der Waals surface area contributed by atoms with Crippen LogP contribution in [0.25, 0.3) is 0 Å². The fourth-order valence-corrected chi connectivity index (χ4v) is 6.00. The lowest BCUT2D eigenvalue weighted by molar-refractivity contribution is -0.202. The average molecular weight is 734 g/mol. The van der Waals surface area contributed by atoms with Crippen LogP contribution >= 0.6 is 0 Å². The Kier molecular flexibility index (Phi) is 10.7. The average Bonchev–Trinajstić information content (AvgIpc) is 3.24. The van der Waals surface area contributed by atoms with Crippen LogP contribution in [0.15, 0.2) is 115 Å². The lowest BCUT2D eigenvalue weighted by atomic mass is 9.95. The molecule has 11 nitrogen and oxygen atoms in total. The molecule has 54 heavy (non-hydrogen) atoms. The molecule has 2 N–H and O–H groups in total. The Labute approximate surface area is 307 Å². The molecular formula is C40H30F3N5O6. The molecule has 0 spiro atoms. The highest BCUT2D eigenvalue weighted by atomic mass is 19.4. The van der Waals surface area contributed by atoms with Gasteiger partial charge in [0.25, 0.3) is 11.8 Å². The minimum Gasteiger partial charge on any atom is -0.464 e. The maximum absolute atomic E-state index is 15.1. The molecule has 2 unspecified atom stereocenters. The summed E-state index contributed by atoms with van der Waals surface area (Å²) in [5, 5.41) is 0. The number of hydrogen-bond acceptors (Lipinski definition) is 9. The van der Waals surface area contributed by atoms with Gasteiger partial charge in [-0.3, -0.25) is 19.3 Å². The molecule has 0 saturated carbocycles. The van der Waals surface area contributed by atoms with Gasteiger partial charge in [-0.25, -0.2) is 9.78 Å². The van der Waals surface area contributed by atoms with Crippen molar-refractivity contribution >= 4 is 41.1 Å². The molecule has 0 saturated heterocycles. The van der Waals surface area contributed by atoms with E-state index in [9.17, 15) is 22.8 Å². The van der Waals surface area contributed by atoms with E-state index < -0.39 is 48.4 Å². The van der Waals surface area contributed by atoms with E-state index in [1.54, 1.807) is 116 Å². The summed E-state index contributed by atoms with van der Waals surface area (Å²) in [7, 11) is 0. The zero-order valence-corrected chi connectivity index (χ0v) is 28.5. The molecule has 1 aliphatic heterocycles. The normalized spacial score (nSPS) is 14.6. The monoisotopic (exact) mass is 733 g/mol. The van der Waals surface area contributed by atoms with Crippen molar-refractivity contribution in [3.63, 3.8) is 0 Å². The van der Waals surface area contributed by atoms with Crippen LogP contribution in [-0.2, 0) is 19.1 Å². The molecule has 0 aliphatic carbocycles. The van der Waals surface area contributed by atoms with Crippen molar-refractivity contribution in [3.05, 3.63) is 143 Å². The molecule has 5 aromatic rings. The third kappa shape index (κ3) is 8.21. The molecule has 272 valence electrons. The van der Waals surface area contributed by atoms with Crippen molar-refractivity contribution in [3.8, 4) is 17.7 Å². The summed E-state index contributed by atoms with van der Waals surface area (Å²) in [5.41, 5.74) is 7.90. The smallest absolute Gasteiger partial charge is 0.464 e. The van der Waals surface area contributed by atoms with E-state index in [2.05, 4.69) is 26.5 Å². The highest BCUT2D eigenvalue weighted by Crippen LogP contribution is 2.43. The molecule has 2 heterocycles. The molecule has 1 aliphatic rings. The number of halogens is 3. The molecule has 0 bridgehead atoms. The zero-order chi connectivity index (χ0) is 38.4. The van der Waals surface area contributed by atoms with Gasteiger partial charge in [-0.15, -0.1) is 0 Å². The summed E-state index contributed by atoms with van der Waals surface area (Å²) < 4.78 is 49.2. The topological polar surface area (TPSA) is 145 Å². The largest absolute Gasteiger partial charge is 0.491 e. The molecule has 2 amide bonds. The van der Waals surface area contributed by atoms with E-state index >= 15 is 9.59 Å². The maximum Gasteiger partial charge on any atom is 0.491 e. The second kappa shape index (κ2) is 15.7. The summed E-state index contributed by atoms with van der Waals surface area (Å²) in [5.74, 6) is 0.449. The standard InChI is InChI=1S/C40H30F3N5O6/c1-25-22-33(46-39(44)45-25)53-21-11-12-26-19-20-31-30(23-26)36(50)48(32(27-13-5-2-6-14-27)24-34(49)54-38(52)40(41,42)43)35(28-15-7-3-8-16-28)37(51)47(31)29-17-9-4-10-18-29/h2-10,13-20,22-23,32,35H,21,24H2,1H3,(H2,44,45,46). The fourth-order valence-electron chi connectivity index (χ4n) is 6.00. The lowest BCUT2D eigenvalue weighted by Gasteiger charge is -2.37. The van der Waals surface area contributed by atoms with Gasteiger partial charge in [-0.05, 0) is 48.4 Å². The number of benzene rings is 4. The third-order valence-electron chi connectivity index (χ3n) is 8.26. The minimum atomic E-state index is -5.45. The number of aryl methyl sites for hydroxylation is 1. The molecule has 0 fully saturated rings. The Hall–Kier alpha value is -7.01. The van der Waals surface area contributed by atoms with Gasteiger partial charge in [0, 0.05) is 23.0 Å². The van der Waals surface area contributed by atoms with E-state index in [-0.39, 0.29) is 29.7 Å². The molecule has 1 aromatic heterocycles. The number of ether oxygens (including phenoxy) is 2. The molecule has 2 atom stereocenters. The number of nitrogens with zero attached hydrogens (tertiary/aromatic N) is 4. The number of nitrogens with two attached hydrogens (primary N) is 1. The predicted molar refractivity (Wildman–Crippen MR) is 190 cm³/mol. The first kappa shape index (κ1) is 36.8. The number of aromatic nitrogens is 2. The number of amides is 2. The SMILES string of the molecule is Cc1cc(OCC#Cc2ccc3c(c2)C(=O)N(C(CC(=O)OC(=O)C(F)(F)F)c2ccccc2)C(c2ccccc2)C(=O)N3c2ccccc2)nc(N)n1. The fraction of sp³-hybridized carbons (Fsp3) is 0.150. The number of alkyl halides is 3. The first-order chi connectivity index (χ1) is 25.9. The number of rotatable bonds is 8. The second-order valence-electron chi connectivity index (χ2n) is 12.0. The summed E-state index contributed by atoms with van der Waals surface area (Å²) in [6, 6.07) is 28.3. The quantitative estimate of drug-likeness (QED) is 0.108. The van der Waals surface area contributed by atoms with Crippen LogP contribution in [-0.4, -0.2) is 51.4 Å². The van der Waals surface area contributed by atoms with Crippen LogP contribution in [0.5, 0.6) is 5.88 Å². The first-order valence-electron chi connectivity index (χ1n) is 16.4. The number of carbonyl (C=O) groups is 4. The van der Waals surface area contributed by atoms with Crippen molar-refractivity contribution < 1.29 is 41.8 Å². The van der Waals surface area contributed by atoms with Crippen LogP contribution in [0.2, 0.25) is 0 Å². The van der Waals surface area contributed by atoms with Gasteiger partial charge >= 0.3 is 18.1 Å². The molecule has 6 rings (SSSR count). The Bertz CT molecular complexity index is 2240. The highest BCUT2D eigenvalue weighted by molar-refractivity contribution is 6.14. The minimum absolute atomic E-state index is 0.00165. The first-order valence-corrected chi connectivity index (χ1v) is 16.4. The maximum atomic E-state index is 15.1. The number of nitrogen functional groups attached to an aromatic ring is 1. The molecule has 4 aromatic carbocycles. The number of anilines is 3. The van der Waals surface area contributed by atoms with Gasteiger partial charge in [0.15, 0.2) is 6.61 Å². The summed E-state index contributed by atoms with van der Waals surface area (Å²) in [4.78, 5) is 65.5. The van der Waals surface area contributed by atoms with Gasteiger partial charge in [-0.2, -0.15) is 18.2 Å². The molecule has 0 radical (unpaired) electrons. The van der Waals surface area contributed by atoms with Crippen molar-refractivity contribution in [1.29, 1.82) is 0 Å². The Morgan fingerprint density at radius 3 is 2.19 bits per heavy atom. The Morgan fingerprint density at radius 1 is 0.889 bits per heavy atom. The van der Waals surface area contributed by atoms with Crippen molar-refractivity contribution in [2.24, 2.45) is 0 Å². The van der Waals surface area contributed by atoms with Crippen molar-refractivity contribution in [1.82, 2.24) is 14.9 Å². The molecular weight excluding hydrogens is 703 g/mol. The summed E-state index contributed by atoms with van der Waals surface area (Å²) in [6.45, 7) is 1.62. The highest BCUT2D eigenvalue weighted by Gasteiger charge is 2.47. The number of fused-ring (bicyclic) bond motifs is 1. The van der Waals surface area contributed by atoms with Gasteiger partial charge < -0.3 is 20.1 Å². The number of para-hydroxylation sites is 1. The van der Waals surface area contributed by atoms with E-state index in [0.29, 0.717) is 28.1 Å². The third-order valence-corrected chi connectivity index (χ3v) is 8.26. The number of hydrogen-bond donors (Lipinski definition) is 1. The van der Waals surface area contributed by atoms with E-state index in [1.807, 2.05) is 0 Å². The van der Waals surface area contributed by atoms with Gasteiger partial charge in [0.1, 0.15) is 6.04 Å². The van der Waals surface area contributed by atoms with Crippen LogP contribution in [0.3, 0.4) is 0 Å². The van der Waals surface area contributed by atoms with Crippen molar-refractivity contribution in [2.45, 2.75) is 31.6 Å². The van der Waals surface area contributed by atoms with E-state index in [1.165, 1.54) is 11.0 Å². The Balaban J connectivity index is 1.49. The summed E-state index contributed by atoms with van der Waals surface area (Å²) >= 11 is 0. The Morgan fingerprint density at radius 2 is 1.54 bits per heavy atom. The van der Waals surface area contributed by atoms with E-state index in [0.717, 1.165) is 4.90 Å². The van der Waals surface area contributed by atoms with Gasteiger partial charge in [0.2, 0.25) is 11.8 Å². The second-order valence-corrected chi connectivity index (χ2v) is 12.0. The van der Waals surface area contributed by atoms with Crippen LogP contribution < -0.4 is 15.4 Å². The van der Waals surface area contributed by atoms with Crippen LogP contribution in [0.4, 0.5) is 30.5 Å². The van der Waals surface area contributed by atoms with Crippen molar-refractivity contribution in [2.75, 3.05) is 17.2 Å². The van der Waals surface area contributed by atoms with E-state index in [4.69, 9.17) is 10.5 Å². The predicted octanol–water partition coefficient (Wildman–Crippen LogP) is 6.42. The van der Waals surface area contributed by atoms with Gasteiger partial charge in [0.05, 0.1) is 23.7 Å². The lowest BCUT2D eigenvalue weighted by Crippen LogP contribution is -2.44. The number of esters is 2. The van der Waals surface area contributed by atoms with Gasteiger partial charge in [-0.1, -0.05) is 90.7 Å².